The van der Waals surface area contributed by atoms with E-state index in [9.17, 15) is 32.9 Å². The minimum Gasteiger partial charge on any atom is -0.319 e. The van der Waals surface area contributed by atoms with E-state index in [0.717, 1.165) is 12.1 Å². The molecule has 0 radical (unpaired) electrons. The first-order valence-electron chi connectivity index (χ1n) is 5.77. The summed E-state index contributed by atoms with van der Waals surface area (Å²) in [6.07, 6.45) is -5.58. The number of nitrogens with zero attached hydrogens (tertiary/aromatic N) is 2. The maximum Gasteiger partial charge on any atom is 0.471 e. The number of benzene rings is 1. The van der Waals surface area contributed by atoms with Crippen molar-refractivity contribution in [1.29, 1.82) is 0 Å². The summed E-state index contributed by atoms with van der Waals surface area (Å²) >= 11 is 2.94. The second-order valence-corrected chi connectivity index (χ2v) is 5.24. The van der Waals surface area contributed by atoms with Crippen molar-refractivity contribution < 1.29 is 27.7 Å². The molecule has 1 N–H and O–H groups in total. The molecule has 0 aliphatic carbocycles. The fraction of sp³-hybridized carbons (Fsp3) is 0.273. The van der Waals surface area contributed by atoms with Gasteiger partial charge in [0.25, 0.3) is 5.69 Å². The van der Waals surface area contributed by atoms with Crippen LogP contribution in [0.3, 0.4) is 0 Å². The predicted octanol–water partition coefficient (Wildman–Crippen LogP) is 2.59. The van der Waals surface area contributed by atoms with Crippen LogP contribution in [0, 0.1) is 10.1 Å². The fourth-order valence-corrected chi connectivity index (χ4v) is 2.40. The lowest BCUT2D eigenvalue weighted by Crippen LogP contribution is -2.41. The van der Waals surface area contributed by atoms with Gasteiger partial charge in [-0.05, 0) is 6.07 Å². The van der Waals surface area contributed by atoms with Crippen molar-refractivity contribution in [3.8, 4) is 0 Å². The number of carbonyl (C=O) groups excluding carboxylic acids is 2. The monoisotopic (exact) mass is 381 g/mol. The number of nitro benzene ring substituents is 1. The van der Waals surface area contributed by atoms with Crippen LogP contribution < -0.4 is 10.2 Å². The Morgan fingerprint density at radius 2 is 2.05 bits per heavy atom. The Hall–Kier alpha value is -2.17. The number of nitro groups is 1. The van der Waals surface area contributed by atoms with Crippen molar-refractivity contribution in [2.45, 2.75) is 12.6 Å². The third-order valence-electron chi connectivity index (χ3n) is 2.86. The summed E-state index contributed by atoms with van der Waals surface area (Å²) in [5.74, 6) is -2.92. The predicted molar refractivity (Wildman–Crippen MR) is 72.5 cm³/mol. The minimum atomic E-state index is -5.16. The van der Waals surface area contributed by atoms with Crippen LogP contribution in [-0.4, -0.2) is 29.5 Å². The standard InChI is InChI=1S/C11H7BrF3N3O4/c12-5-3-6-9(7(4-5)18(21)22)16-8(19)1-2-17(6)10(20)11(13,14)15/h3-4H,1-2H2,(H,16,19). The molecule has 2 amide bonds. The number of carbonyl (C=O) groups is 2. The molecule has 0 unspecified atom stereocenters. The van der Waals surface area contributed by atoms with E-state index in [1.54, 1.807) is 0 Å². The summed E-state index contributed by atoms with van der Waals surface area (Å²) in [4.78, 5) is 33.5. The van der Waals surface area contributed by atoms with Crippen molar-refractivity contribution >= 4 is 44.8 Å². The average molecular weight is 382 g/mol. The van der Waals surface area contributed by atoms with Gasteiger partial charge in [0.2, 0.25) is 5.91 Å². The quantitative estimate of drug-likeness (QED) is 0.597. The van der Waals surface area contributed by atoms with Crippen molar-refractivity contribution in [3.63, 3.8) is 0 Å². The normalized spacial score (nSPS) is 14.9. The van der Waals surface area contributed by atoms with Crippen LogP contribution in [0.2, 0.25) is 0 Å². The molecule has 0 atom stereocenters. The molecule has 0 saturated heterocycles. The van der Waals surface area contributed by atoms with Gasteiger partial charge in [-0.25, -0.2) is 0 Å². The minimum absolute atomic E-state index is 0.106. The molecule has 22 heavy (non-hydrogen) atoms. The zero-order valence-electron chi connectivity index (χ0n) is 10.6. The first kappa shape index (κ1) is 16.2. The highest BCUT2D eigenvalue weighted by Gasteiger charge is 2.45. The summed E-state index contributed by atoms with van der Waals surface area (Å²) < 4.78 is 38.1. The molecule has 7 nitrogen and oxygen atoms in total. The lowest BCUT2D eigenvalue weighted by Gasteiger charge is -2.23. The molecule has 0 bridgehead atoms. The Kier molecular flexibility index (Phi) is 4.09. The van der Waals surface area contributed by atoms with E-state index in [2.05, 4.69) is 21.2 Å². The summed E-state index contributed by atoms with van der Waals surface area (Å²) in [6.45, 7) is -0.537. The van der Waals surface area contributed by atoms with E-state index in [0.29, 0.717) is 4.90 Å². The molecule has 1 heterocycles. The van der Waals surface area contributed by atoms with Crippen LogP contribution in [0.4, 0.5) is 30.2 Å². The van der Waals surface area contributed by atoms with E-state index in [1.807, 2.05) is 0 Å². The zero-order chi connectivity index (χ0) is 16.7. The van der Waals surface area contributed by atoms with Gasteiger partial charge in [0, 0.05) is 23.5 Å². The molecule has 1 aliphatic rings. The van der Waals surface area contributed by atoms with E-state index < -0.39 is 47.3 Å². The number of fused-ring (bicyclic) bond motifs is 1. The van der Waals surface area contributed by atoms with Gasteiger partial charge < -0.3 is 10.2 Å². The van der Waals surface area contributed by atoms with Crippen LogP contribution in [0.5, 0.6) is 0 Å². The molecule has 0 aromatic heterocycles. The summed E-state index contributed by atoms with van der Waals surface area (Å²) in [6, 6.07) is 2.14. The highest BCUT2D eigenvalue weighted by molar-refractivity contribution is 9.10. The lowest BCUT2D eigenvalue weighted by atomic mass is 10.2. The van der Waals surface area contributed by atoms with Gasteiger partial charge in [-0.2, -0.15) is 13.2 Å². The van der Waals surface area contributed by atoms with Gasteiger partial charge in [-0.15, -0.1) is 0 Å². The lowest BCUT2D eigenvalue weighted by molar-refractivity contribution is -0.383. The van der Waals surface area contributed by atoms with E-state index in [1.165, 1.54) is 0 Å². The number of anilines is 2. The van der Waals surface area contributed by atoms with Crippen molar-refractivity contribution in [1.82, 2.24) is 0 Å². The van der Waals surface area contributed by atoms with Crippen LogP contribution in [0.25, 0.3) is 0 Å². The molecule has 0 fully saturated rings. The van der Waals surface area contributed by atoms with Crippen molar-refractivity contribution in [2.75, 3.05) is 16.8 Å². The largest absolute Gasteiger partial charge is 0.471 e. The second-order valence-electron chi connectivity index (χ2n) is 4.33. The first-order chi connectivity index (χ1) is 10.1. The Balaban J connectivity index is 2.67. The highest BCUT2D eigenvalue weighted by Crippen LogP contribution is 2.41. The maximum atomic E-state index is 12.7. The van der Waals surface area contributed by atoms with Gasteiger partial charge in [0.05, 0.1) is 10.6 Å². The number of nitrogens with one attached hydrogen (secondary N) is 1. The van der Waals surface area contributed by atoms with Gasteiger partial charge in [0.1, 0.15) is 5.69 Å². The molecule has 0 spiro atoms. The molecule has 2 rings (SSSR count). The van der Waals surface area contributed by atoms with E-state index >= 15 is 0 Å². The Bertz CT molecular complexity index is 677. The second kappa shape index (κ2) is 5.55. The molecular weight excluding hydrogens is 375 g/mol. The molecule has 118 valence electrons. The van der Waals surface area contributed by atoms with E-state index in [-0.39, 0.29) is 10.2 Å². The topological polar surface area (TPSA) is 92.5 Å². The maximum absolute atomic E-state index is 12.7. The van der Waals surface area contributed by atoms with Gasteiger partial charge in [-0.1, -0.05) is 15.9 Å². The van der Waals surface area contributed by atoms with Crippen LogP contribution >= 0.6 is 15.9 Å². The molecule has 11 heteroatoms. The third kappa shape index (κ3) is 3.03. The van der Waals surface area contributed by atoms with Crippen molar-refractivity contribution in [3.05, 3.63) is 26.7 Å². The SMILES string of the molecule is O=C1CCN(C(=O)C(F)(F)F)c2cc(Br)cc([N+](=O)[O-])c2N1. The van der Waals surface area contributed by atoms with Crippen molar-refractivity contribution in [2.24, 2.45) is 0 Å². The number of halogens is 4. The molecule has 1 aromatic carbocycles. The van der Waals surface area contributed by atoms with Gasteiger partial charge >= 0.3 is 12.1 Å². The van der Waals surface area contributed by atoms with Crippen LogP contribution in [-0.2, 0) is 9.59 Å². The number of hydrogen-bond acceptors (Lipinski definition) is 4. The fourth-order valence-electron chi connectivity index (χ4n) is 1.96. The highest BCUT2D eigenvalue weighted by atomic mass is 79.9. The number of hydrogen-bond donors (Lipinski definition) is 1. The number of rotatable bonds is 1. The Morgan fingerprint density at radius 3 is 2.59 bits per heavy atom. The Morgan fingerprint density at radius 1 is 1.41 bits per heavy atom. The number of amides is 2. The summed E-state index contributed by atoms with van der Waals surface area (Å²) in [5.41, 5.74) is -1.43. The van der Waals surface area contributed by atoms with Gasteiger partial charge in [-0.3, -0.25) is 19.7 Å². The molecule has 1 aliphatic heterocycles. The molecule has 1 aromatic rings. The first-order valence-corrected chi connectivity index (χ1v) is 6.57. The zero-order valence-corrected chi connectivity index (χ0v) is 12.2. The van der Waals surface area contributed by atoms with Gasteiger partial charge in [0.15, 0.2) is 0 Å². The molecule has 0 saturated carbocycles. The summed E-state index contributed by atoms with van der Waals surface area (Å²) in [7, 11) is 0. The van der Waals surface area contributed by atoms with Crippen LogP contribution in [0.15, 0.2) is 16.6 Å². The summed E-state index contributed by atoms with van der Waals surface area (Å²) in [5, 5.41) is 13.2. The number of alkyl halides is 3. The van der Waals surface area contributed by atoms with Crippen LogP contribution in [0.1, 0.15) is 6.42 Å². The molecular formula is C11H7BrF3N3O4. The smallest absolute Gasteiger partial charge is 0.319 e. The average Bonchev–Trinajstić information content (AvgIpc) is 2.54. The third-order valence-corrected chi connectivity index (χ3v) is 3.32. The van der Waals surface area contributed by atoms with E-state index in [4.69, 9.17) is 0 Å². The Labute approximate surface area is 129 Å².